The van der Waals surface area contributed by atoms with Gasteiger partial charge in [-0.1, -0.05) is 100 Å². The Morgan fingerprint density at radius 3 is 2.26 bits per heavy atom. The summed E-state index contributed by atoms with van der Waals surface area (Å²) in [5.41, 5.74) is 7.68. The molecule has 2 aliphatic carbocycles. The Morgan fingerprint density at radius 1 is 0.963 bits per heavy atom. The Morgan fingerprint density at radius 2 is 1.70 bits per heavy atom. The summed E-state index contributed by atoms with van der Waals surface area (Å²) in [5.74, 6) is 2.29. The van der Waals surface area contributed by atoms with E-state index in [1.165, 1.54) is 28.7 Å². The lowest BCUT2D eigenvalue weighted by Crippen LogP contribution is -2.61. The summed E-state index contributed by atoms with van der Waals surface area (Å²) in [5, 5.41) is 8.42. The number of nitrogens with one attached hydrogen (secondary N) is 2. The van der Waals surface area contributed by atoms with Crippen molar-refractivity contribution in [2.75, 3.05) is 33.3 Å². The summed E-state index contributed by atoms with van der Waals surface area (Å²) in [7, 11) is 1.58. The molecule has 6 unspecified atom stereocenters. The number of thiazole rings is 1. The molecule has 3 aromatic heterocycles. The SMILES string of the molecule is CC(=O)C(C)CC(C)C.CCC(C)CC1(CC)CCCN(C(C(=O)NC(Cc2nc(-c3ccc4c(c3)c(CC(C)(C)CC)c(-c3cccnc3C(C)OC)n4CC(F)(F)F)cs2)C(=O)N2CCCCN2)C2CCCC2)C1.O=CC1CCC1. The normalized spacial score (nSPS) is 20.2. The summed E-state index contributed by atoms with van der Waals surface area (Å²) in [6.07, 6.45) is 15.7. The lowest BCUT2D eigenvalue weighted by molar-refractivity contribution is -0.142. The number of fused-ring (bicyclic) bond motifs is 1. The zero-order valence-electron chi connectivity index (χ0n) is 51.8. The molecule has 2 aliphatic heterocycles. The van der Waals surface area contributed by atoms with E-state index >= 15 is 0 Å². The number of pyridine rings is 1. The predicted octanol–water partition coefficient (Wildman–Crippen LogP) is 15.0. The predicted molar refractivity (Wildman–Crippen MR) is 326 cm³/mol. The zero-order chi connectivity index (χ0) is 59.9. The van der Waals surface area contributed by atoms with Crippen LogP contribution in [0.5, 0.6) is 0 Å². The van der Waals surface area contributed by atoms with E-state index in [-0.39, 0.29) is 46.9 Å². The molecular weight excluding hydrogens is 1060 g/mol. The van der Waals surface area contributed by atoms with Crippen LogP contribution in [0, 0.1) is 40.4 Å². The first-order chi connectivity index (χ1) is 39.0. The van der Waals surface area contributed by atoms with E-state index in [0.717, 1.165) is 126 Å². The number of aldehydes is 1. The molecule has 2 amide bonds. The highest BCUT2D eigenvalue weighted by Gasteiger charge is 2.44. The molecule has 2 saturated heterocycles. The zero-order valence-corrected chi connectivity index (χ0v) is 52.6. The van der Waals surface area contributed by atoms with E-state index in [4.69, 9.17) is 9.72 Å². The van der Waals surface area contributed by atoms with Crippen LogP contribution in [0.3, 0.4) is 0 Å². The van der Waals surface area contributed by atoms with Crippen LogP contribution in [0.2, 0.25) is 0 Å². The van der Waals surface area contributed by atoms with E-state index < -0.39 is 24.9 Å². The van der Waals surface area contributed by atoms with Crippen LogP contribution in [0.1, 0.15) is 201 Å². The van der Waals surface area contributed by atoms with Crippen LogP contribution in [0.25, 0.3) is 33.4 Å². The minimum Gasteiger partial charge on any atom is -0.375 e. The van der Waals surface area contributed by atoms with Crippen LogP contribution in [-0.2, 0) is 43.3 Å². The number of methoxy groups -OCH3 is 1. The maximum absolute atomic E-state index is 14.9. The fourth-order valence-corrected chi connectivity index (χ4v) is 13.5. The fourth-order valence-electron chi connectivity index (χ4n) is 12.7. The maximum Gasteiger partial charge on any atom is 0.406 e. The molecule has 0 radical (unpaired) electrons. The maximum atomic E-state index is 14.9. The van der Waals surface area contributed by atoms with E-state index in [1.54, 1.807) is 37.4 Å². The van der Waals surface area contributed by atoms with Gasteiger partial charge >= 0.3 is 6.18 Å². The Kier molecular flexibility index (Phi) is 24.8. The first-order valence-electron chi connectivity index (χ1n) is 31.2. The first-order valence-corrected chi connectivity index (χ1v) is 32.0. The van der Waals surface area contributed by atoms with Crippen molar-refractivity contribution >= 4 is 46.1 Å². The average molecular weight is 1160 g/mol. The Balaban J connectivity index is 0.000000628. The molecule has 0 bridgehead atoms. The number of nitrogens with zero attached hydrogens (tertiary/aromatic N) is 5. The lowest BCUT2D eigenvalue weighted by Gasteiger charge is -2.47. The Hall–Kier alpha value is -4.51. The number of amides is 2. The molecule has 456 valence electrons. The van der Waals surface area contributed by atoms with Crippen LogP contribution in [-0.4, -0.2) is 99.9 Å². The van der Waals surface area contributed by atoms with Gasteiger partial charge in [0.25, 0.3) is 5.91 Å². The van der Waals surface area contributed by atoms with Crippen molar-refractivity contribution in [2.24, 2.45) is 40.4 Å². The van der Waals surface area contributed by atoms with Crippen molar-refractivity contribution in [1.82, 2.24) is 35.2 Å². The molecule has 4 aromatic rings. The average Bonchev–Trinajstić information content (AvgIpc) is 3.20. The van der Waals surface area contributed by atoms with Crippen LogP contribution in [0.4, 0.5) is 13.2 Å². The summed E-state index contributed by atoms with van der Waals surface area (Å²) in [6, 6.07) is 8.10. The van der Waals surface area contributed by atoms with E-state index in [0.29, 0.717) is 76.2 Å². The number of piperidine rings is 1. The van der Waals surface area contributed by atoms with Crippen molar-refractivity contribution in [1.29, 1.82) is 0 Å². The number of likely N-dealkylation sites (tertiary alicyclic amines) is 1. The molecule has 82 heavy (non-hydrogen) atoms. The molecule has 2 N–H and O–H groups in total. The second-order valence-electron chi connectivity index (χ2n) is 25.9. The van der Waals surface area contributed by atoms with Gasteiger partial charge in [-0.3, -0.25) is 29.3 Å². The molecule has 1 aromatic carbocycles. The number of hydrazine groups is 1. The number of Topliss-reactive ketones (excluding diaryl/α,β-unsaturated/α-hetero) is 1. The van der Waals surface area contributed by atoms with Gasteiger partial charge in [0, 0.05) is 78.6 Å². The van der Waals surface area contributed by atoms with Gasteiger partial charge in [-0.15, -0.1) is 11.3 Å². The van der Waals surface area contributed by atoms with Crippen LogP contribution in [0.15, 0.2) is 41.9 Å². The molecule has 5 heterocycles. The second kappa shape index (κ2) is 30.5. The van der Waals surface area contributed by atoms with Gasteiger partial charge in [0.1, 0.15) is 24.7 Å². The highest BCUT2D eigenvalue weighted by Crippen LogP contribution is 2.45. The molecule has 4 fully saturated rings. The number of halogens is 3. The summed E-state index contributed by atoms with van der Waals surface area (Å²) in [4.78, 5) is 62.1. The largest absolute Gasteiger partial charge is 0.406 e. The highest BCUT2D eigenvalue weighted by molar-refractivity contribution is 7.10. The molecule has 16 heteroatoms. The molecule has 12 nitrogen and oxygen atoms in total. The van der Waals surface area contributed by atoms with Gasteiger partial charge in [-0.2, -0.15) is 13.2 Å². The summed E-state index contributed by atoms with van der Waals surface area (Å²) >= 11 is 1.44. The topological polar surface area (TPSA) is 139 Å². The van der Waals surface area contributed by atoms with Gasteiger partial charge in [-0.05, 0) is 156 Å². The van der Waals surface area contributed by atoms with Crippen molar-refractivity contribution < 1.29 is 37.1 Å². The number of carbonyl (C=O) groups excluding carboxylic acids is 4. The molecular formula is C66H100F3N7O5S. The monoisotopic (exact) mass is 1160 g/mol. The van der Waals surface area contributed by atoms with Gasteiger partial charge in [0.2, 0.25) is 5.91 Å². The standard InChI is InChI=1S/C53H76F3N7O3S.C8H16O.C5H8O/c1-9-35(4)30-52(11-3)23-17-26-61(33-52)47(37-18-12-13-19-37)49(64)60-42(50(65)63-27-15-14-25-58-63)29-45-59-43(32-67-45)38-21-22-44-40(28-38)41(31-51(6,7)10-2)48(62(44)34-53(54,55)56)39-20-16-24-57-46(39)36(5)66-8;1-6(2)5-7(3)8(4)9;6-4-5-2-1-3-5/h16,20-22,24,28,32,35-37,42,47,58H,9-15,17-19,23,25-27,29-31,33-34H2,1-8H3,(H,60,64);6-7H,5H2,1-4H3;4-5H,1-3H2. The number of carbonyl (C=O) groups is 4. The quantitative estimate of drug-likeness (QED) is 0.0695. The van der Waals surface area contributed by atoms with Gasteiger partial charge in [0.15, 0.2) is 0 Å². The van der Waals surface area contributed by atoms with Gasteiger partial charge in [-0.25, -0.2) is 10.4 Å². The number of hydrogen-bond donors (Lipinski definition) is 2. The minimum absolute atomic E-state index is 0.0571. The Labute approximate surface area is 493 Å². The number of aromatic nitrogens is 3. The van der Waals surface area contributed by atoms with Gasteiger partial charge in [0.05, 0.1) is 34.2 Å². The van der Waals surface area contributed by atoms with E-state index in [1.807, 2.05) is 37.4 Å². The molecule has 6 atom stereocenters. The third kappa shape index (κ3) is 18.0. The third-order valence-corrected chi connectivity index (χ3v) is 19.3. The highest BCUT2D eigenvalue weighted by atomic mass is 32.1. The summed E-state index contributed by atoms with van der Waals surface area (Å²) in [6.45, 7) is 25.0. The molecule has 0 spiro atoms. The number of ketones is 1. The number of hydrogen-bond acceptors (Lipinski definition) is 10. The second-order valence-corrected chi connectivity index (χ2v) is 26.8. The summed E-state index contributed by atoms with van der Waals surface area (Å²) < 4.78 is 50.9. The Bertz CT molecular complexity index is 2690. The van der Waals surface area contributed by atoms with Crippen molar-refractivity contribution in [3.63, 3.8) is 0 Å². The molecule has 4 aliphatic rings. The minimum atomic E-state index is -4.48. The van der Waals surface area contributed by atoms with Crippen LogP contribution >= 0.6 is 11.3 Å². The van der Waals surface area contributed by atoms with Gasteiger partial charge < -0.3 is 19.4 Å². The molecule has 2 saturated carbocycles. The van der Waals surface area contributed by atoms with Crippen molar-refractivity contribution in [2.45, 2.75) is 223 Å². The van der Waals surface area contributed by atoms with E-state index in [2.05, 4.69) is 76.0 Å². The van der Waals surface area contributed by atoms with Crippen molar-refractivity contribution in [3.05, 3.63) is 58.2 Å². The number of ether oxygens (including phenoxy) is 1. The van der Waals surface area contributed by atoms with Crippen molar-refractivity contribution in [3.8, 4) is 22.5 Å². The number of benzene rings is 1. The number of alkyl halides is 3. The smallest absolute Gasteiger partial charge is 0.375 e. The first kappa shape index (κ1) is 66.6. The van der Waals surface area contributed by atoms with Crippen LogP contribution < -0.4 is 10.7 Å². The van der Waals surface area contributed by atoms with E-state index in [9.17, 15) is 32.3 Å². The fraction of sp³-hybridized carbons (Fsp3) is 0.697. The third-order valence-electron chi connectivity index (χ3n) is 18.5. The molecule has 8 rings (SSSR count). The lowest BCUT2D eigenvalue weighted by atomic mass is 9.71. The number of rotatable bonds is 23.